The molecule has 3 aromatic rings. The Hall–Kier alpha value is -2.62. The number of rotatable bonds is 2. The molecular formula is C16H15N3O. The molecule has 0 saturated carbocycles. The van der Waals surface area contributed by atoms with Gasteiger partial charge in [-0.2, -0.15) is 0 Å². The van der Waals surface area contributed by atoms with Crippen LogP contribution in [-0.2, 0) is 7.05 Å². The van der Waals surface area contributed by atoms with E-state index < -0.39 is 0 Å². The number of fused-ring (bicyclic) bond motifs is 1. The van der Waals surface area contributed by atoms with Crippen molar-refractivity contribution in [3.05, 3.63) is 59.9 Å². The Bertz CT molecular complexity index is 772. The summed E-state index contributed by atoms with van der Waals surface area (Å²) < 4.78 is 1.80. The van der Waals surface area contributed by atoms with Gasteiger partial charge >= 0.3 is 0 Å². The smallest absolute Gasteiger partial charge is 0.291 e. The van der Waals surface area contributed by atoms with Crippen molar-refractivity contribution >= 4 is 22.6 Å². The summed E-state index contributed by atoms with van der Waals surface area (Å²) in [5.74, 6) is 0.208. The van der Waals surface area contributed by atoms with Gasteiger partial charge in [-0.25, -0.2) is 4.98 Å². The second kappa shape index (κ2) is 4.81. The Morgan fingerprint density at radius 3 is 2.50 bits per heavy atom. The molecule has 0 aliphatic heterocycles. The fraction of sp³-hybridized carbons (Fsp3) is 0.125. The molecule has 0 radical (unpaired) electrons. The quantitative estimate of drug-likeness (QED) is 0.773. The molecule has 0 atom stereocenters. The van der Waals surface area contributed by atoms with Gasteiger partial charge < -0.3 is 9.88 Å². The van der Waals surface area contributed by atoms with E-state index in [4.69, 9.17) is 0 Å². The molecular weight excluding hydrogens is 250 g/mol. The van der Waals surface area contributed by atoms with E-state index in [1.807, 2.05) is 62.5 Å². The number of aromatic nitrogens is 2. The number of imidazole rings is 1. The van der Waals surface area contributed by atoms with Crippen molar-refractivity contribution in [3.63, 3.8) is 0 Å². The van der Waals surface area contributed by atoms with Crippen LogP contribution >= 0.6 is 0 Å². The van der Waals surface area contributed by atoms with Crippen molar-refractivity contribution in [2.75, 3.05) is 5.32 Å². The number of aryl methyl sites for hydroxylation is 2. The highest BCUT2D eigenvalue weighted by atomic mass is 16.2. The third-order valence-electron chi connectivity index (χ3n) is 3.30. The highest BCUT2D eigenvalue weighted by molar-refractivity contribution is 6.03. The first-order valence-electron chi connectivity index (χ1n) is 6.44. The van der Waals surface area contributed by atoms with Gasteiger partial charge in [0.2, 0.25) is 0 Å². The van der Waals surface area contributed by atoms with Crippen LogP contribution in [0.25, 0.3) is 11.0 Å². The van der Waals surface area contributed by atoms with Crippen molar-refractivity contribution in [3.8, 4) is 0 Å². The molecule has 1 aromatic heterocycles. The SMILES string of the molecule is Cc1ccc(NC(=O)c2nc3ccccc3n2C)cc1. The highest BCUT2D eigenvalue weighted by Crippen LogP contribution is 2.16. The van der Waals surface area contributed by atoms with Gasteiger partial charge in [-0.1, -0.05) is 29.8 Å². The minimum atomic E-state index is -0.201. The molecule has 1 N–H and O–H groups in total. The molecule has 3 rings (SSSR count). The standard InChI is InChI=1S/C16H15N3O/c1-11-7-9-12(10-8-11)17-16(20)15-18-13-5-3-4-6-14(13)19(15)2/h3-10H,1-2H3,(H,17,20). The fourth-order valence-corrected chi connectivity index (χ4v) is 2.17. The Morgan fingerprint density at radius 2 is 1.80 bits per heavy atom. The summed E-state index contributed by atoms with van der Waals surface area (Å²) in [6, 6.07) is 15.4. The van der Waals surface area contributed by atoms with E-state index in [1.54, 1.807) is 4.57 Å². The largest absolute Gasteiger partial charge is 0.323 e. The van der Waals surface area contributed by atoms with E-state index in [9.17, 15) is 4.79 Å². The van der Waals surface area contributed by atoms with Crippen molar-refractivity contribution < 1.29 is 4.79 Å². The first-order chi connectivity index (χ1) is 9.65. The lowest BCUT2D eigenvalue weighted by molar-refractivity contribution is 0.101. The maximum absolute atomic E-state index is 12.3. The van der Waals surface area contributed by atoms with Crippen LogP contribution in [0.2, 0.25) is 0 Å². The number of hydrogen-bond donors (Lipinski definition) is 1. The van der Waals surface area contributed by atoms with Gasteiger partial charge in [0, 0.05) is 12.7 Å². The number of para-hydroxylation sites is 2. The van der Waals surface area contributed by atoms with Gasteiger partial charge in [0.15, 0.2) is 5.82 Å². The van der Waals surface area contributed by atoms with Gasteiger partial charge in [0.1, 0.15) is 0 Å². The van der Waals surface area contributed by atoms with Crippen LogP contribution in [0, 0.1) is 6.92 Å². The van der Waals surface area contributed by atoms with E-state index in [1.165, 1.54) is 0 Å². The first-order valence-corrected chi connectivity index (χ1v) is 6.44. The third-order valence-corrected chi connectivity index (χ3v) is 3.30. The maximum Gasteiger partial charge on any atom is 0.291 e. The minimum Gasteiger partial charge on any atom is -0.323 e. The molecule has 100 valence electrons. The first kappa shape index (κ1) is 12.4. The lowest BCUT2D eigenvalue weighted by Gasteiger charge is -2.05. The Balaban J connectivity index is 1.92. The molecule has 0 aliphatic rings. The molecule has 0 bridgehead atoms. The monoisotopic (exact) mass is 265 g/mol. The van der Waals surface area contributed by atoms with Gasteiger partial charge in [-0.15, -0.1) is 0 Å². The van der Waals surface area contributed by atoms with Crippen molar-refractivity contribution in [1.29, 1.82) is 0 Å². The van der Waals surface area contributed by atoms with Crippen LogP contribution in [-0.4, -0.2) is 15.5 Å². The normalized spacial score (nSPS) is 10.7. The molecule has 0 saturated heterocycles. The molecule has 0 unspecified atom stereocenters. The van der Waals surface area contributed by atoms with Crippen LogP contribution < -0.4 is 5.32 Å². The van der Waals surface area contributed by atoms with Crippen LogP contribution in [0.3, 0.4) is 0 Å². The summed E-state index contributed by atoms with van der Waals surface area (Å²) in [5, 5.41) is 2.86. The molecule has 20 heavy (non-hydrogen) atoms. The average molecular weight is 265 g/mol. The van der Waals surface area contributed by atoms with Crippen molar-refractivity contribution in [2.45, 2.75) is 6.92 Å². The van der Waals surface area contributed by atoms with E-state index in [0.717, 1.165) is 22.3 Å². The summed E-state index contributed by atoms with van der Waals surface area (Å²) in [7, 11) is 1.85. The Kier molecular flexibility index (Phi) is 2.99. The summed E-state index contributed by atoms with van der Waals surface area (Å²) >= 11 is 0. The molecule has 0 fully saturated rings. The van der Waals surface area contributed by atoms with Crippen LogP contribution in [0.5, 0.6) is 0 Å². The van der Waals surface area contributed by atoms with E-state index in [-0.39, 0.29) is 5.91 Å². The maximum atomic E-state index is 12.3. The van der Waals surface area contributed by atoms with Gasteiger partial charge in [-0.3, -0.25) is 4.79 Å². The second-order valence-electron chi connectivity index (χ2n) is 4.80. The van der Waals surface area contributed by atoms with E-state index in [0.29, 0.717) is 5.82 Å². The molecule has 2 aromatic carbocycles. The Morgan fingerprint density at radius 1 is 1.10 bits per heavy atom. The third kappa shape index (κ3) is 2.16. The molecule has 0 spiro atoms. The van der Waals surface area contributed by atoms with Crippen LogP contribution in [0.1, 0.15) is 16.2 Å². The lowest BCUT2D eigenvalue weighted by atomic mass is 10.2. The van der Waals surface area contributed by atoms with E-state index in [2.05, 4.69) is 10.3 Å². The number of anilines is 1. The summed E-state index contributed by atoms with van der Waals surface area (Å²) in [6.45, 7) is 2.01. The number of benzene rings is 2. The fourth-order valence-electron chi connectivity index (χ4n) is 2.17. The zero-order valence-corrected chi connectivity index (χ0v) is 11.4. The number of carbonyl (C=O) groups is 1. The summed E-state index contributed by atoms with van der Waals surface area (Å²) in [5.41, 5.74) is 3.70. The average Bonchev–Trinajstić information content (AvgIpc) is 2.79. The van der Waals surface area contributed by atoms with Crippen LogP contribution in [0.4, 0.5) is 5.69 Å². The van der Waals surface area contributed by atoms with Gasteiger partial charge in [-0.05, 0) is 31.2 Å². The second-order valence-corrected chi connectivity index (χ2v) is 4.80. The number of carbonyl (C=O) groups excluding carboxylic acids is 1. The number of nitrogens with one attached hydrogen (secondary N) is 1. The lowest BCUT2D eigenvalue weighted by Crippen LogP contribution is -2.16. The molecule has 0 aliphatic carbocycles. The zero-order chi connectivity index (χ0) is 14.1. The number of hydrogen-bond acceptors (Lipinski definition) is 2. The van der Waals surface area contributed by atoms with Crippen molar-refractivity contribution in [2.24, 2.45) is 7.05 Å². The molecule has 4 heteroatoms. The predicted octanol–water partition coefficient (Wildman–Crippen LogP) is 3.13. The molecule has 1 amide bonds. The molecule has 4 nitrogen and oxygen atoms in total. The van der Waals surface area contributed by atoms with Gasteiger partial charge in [0.25, 0.3) is 5.91 Å². The number of nitrogens with zero attached hydrogens (tertiary/aromatic N) is 2. The number of amides is 1. The van der Waals surface area contributed by atoms with E-state index >= 15 is 0 Å². The zero-order valence-electron chi connectivity index (χ0n) is 11.4. The van der Waals surface area contributed by atoms with Crippen molar-refractivity contribution in [1.82, 2.24) is 9.55 Å². The summed E-state index contributed by atoms with van der Waals surface area (Å²) in [4.78, 5) is 16.7. The molecule has 1 heterocycles. The highest BCUT2D eigenvalue weighted by Gasteiger charge is 2.14. The summed E-state index contributed by atoms with van der Waals surface area (Å²) in [6.07, 6.45) is 0. The predicted molar refractivity (Wildman–Crippen MR) is 79.8 cm³/mol. The topological polar surface area (TPSA) is 46.9 Å². The van der Waals surface area contributed by atoms with Crippen LogP contribution in [0.15, 0.2) is 48.5 Å². The minimum absolute atomic E-state index is 0.201. The van der Waals surface area contributed by atoms with Gasteiger partial charge in [0.05, 0.1) is 11.0 Å². The Labute approximate surface area is 117 Å².